The van der Waals surface area contributed by atoms with E-state index in [1.807, 2.05) is 42.5 Å². The molecule has 134 valence electrons. The quantitative estimate of drug-likeness (QED) is 0.520. The van der Waals surface area contributed by atoms with Crippen LogP contribution in [0.15, 0.2) is 72.1 Å². The van der Waals surface area contributed by atoms with Crippen molar-refractivity contribution in [1.82, 2.24) is 10.3 Å². The summed E-state index contributed by atoms with van der Waals surface area (Å²) < 4.78 is 0. The zero-order valence-electron chi connectivity index (χ0n) is 15.1. The van der Waals surface area contributed by atoms with Crippen molar-refractivity contribution in [2.45, 2.75) is 13.3 Å². The fraction of sp³-hybridized carbons (Fsp3) is 0.130. The van der Waals surface area contributed by atoms with Crippen molar-refractivity contribution in [3.63, 3.8) is 0 Å². The Hall–Kier alpha value is -2.98. The number of aromatic nitrogens is 1. The maximum absolute atomic E-state index is 12.6. The normalized spacial score (nSPS) is 10.9. The number of nitrogens with one attached hydrogen (secondary N) is 1. The third kappa shape index (κ3) is 3.91. The molecule has 3 aromatic carbocycles. The molecule has 0 saturated heterocycles. The first-order valence-corrected chi connectivity index (χ1v) is 9.86. The van der Waals surface area contributed by atoms with Gasteiger partial charge in [0.2, 0.25) is 0 Å². The van der Waals surface area contributed by atoms with Crippen molar-refractivity contribution in [1.29, 1.82) is 0 Å². The summed E-state index contributed by atoms with van der Waals surface area (Å²) in [4.78, 5) is 17.3. The molecule has 1 N–H and O–H groups in total. The predicted molar refractivity (Wildman–Crippen MR) is 112 cm³/mol. The predicted octanol–water partition coefficient (Wildman–Crippen LogP) is 5.24. The number of benzene rings is 3. The molecule has 0 unspecified atom stereocenters. The van der Waals surface area contributed by atoms with Crippen LogP contribution in [0.1, 0.15) is 21.6 Å². The lowest BCUT2D eigenvalue weighted by Gasteiger charge is -2.07. The lowest BCUT2D eigenvalue weighted by atomic mass is 10.0. The van der Waals surface area contributed by atoms with Crippen LogP contribution in [0.2, 0.25) is 0 Å². The third-order valence-electron chi connectivity index (χ3n) is 4.52. The second-order valence-electron chi connectivity index (χ2n) is 6.55. The number of hydrogen-bond donors (Lipinski definition) is 1. The summed E-state index contributed by atoms with van der Waals surface area (Å²) in [6.45, 7) is 2.65. The van der Waals surface area contributed by atoms with Crippen LogP contribution in [-0.4, -0.2) is 17.4 Å². The standard InChI is InChI=1S/C23H20N2OS/c1-16-6-4-9-18(14-16)23-25-19(15-27-23)12-13-24-22(26)21-11-5-8-17-7-2-3-10-20(17)21/h2-11,14-15H,12-13H2,1H3,(H,24,26). The molecule has 0 radical (unpaired) electrons. The van der Waals surface area contributed by atoms with Gasteiger partial charge in [0.1, 0.15) is 5.01 Å². The minimum Gasteiger partial charge on any atom is -0.352 e. The van der Waals surface area contributed by atoms with Crippen molar-refractivity contribution in [2.24, 2.45) is 0 Å². The van der Waals surface area contributed by atoms with E-state index in [1.165, 1.54) is 5.56 Å². The maximum atomic E-state index is 12.6. The lowest BCUT2D eigenvalue weighted by molar-refractivity contribution is 0.0955. The lowest BCUT2D eigenvalue weighted by Crippen LogP contribution is -2.25. The summed E-state index contributed by atoms with van der Waals surface area (Å²) in [7, 11) is 0. The molecule has 0 aliphatic heterocycles. The number of amides is 1. The molecule has 0 fully saturated rings. The summed E-state index contributed by atoms with van der Waals surface area (Å²) in [5.74, 6) is -0.0408. The van der Waals surface area contributed by atoms with E-state index in [0.29, 0.717) is 12.1 Å². The summed E-state index contributed by atoms with van der Waals surface area (Å²) in [6, 6.07) is 22.1. The van der Waals surface area contributed by atoms with Gasteiger partial charge in [0, 0.05) is 29.5 Å². The van der Waals surface area contributed by atoms with E-state index in [9.17, 15) is 4.79 Å². The van der Waals surface area contributed by atoms with Crippen LogP contribution in [-0.2, 0) is 6.42 Å². The van der Waals surface area contributed by atoms with Gasteiger partial charge in [-0.1, -0.05) is 60.2 Å². The fourth-order valence-corrected chi connectivity index (χ4v) is 4.01. The highest BCUT2D eigenvalue weighted by molar-refractivity contribution is 7.13. The number of hydrogen-bond acceptors (Lipinski definition) is 3. The van der Waals surface area contributed by atoms with Gasteiger partial charge in [-0.05, 0) is 29.8 Å². The van der Waals surface area contributed by atoms with Gasteiger partial charge in [0.25, 0.3) is 5.91 Å². The second-order valence-corrected chi connectivity index (χ2v) is 7.40. The fourth-order valence-electron chi connectivity index (χ4n) is 3.16. The van der Waals surface area contributed by atoms with Gasteiger partial charge in [0.15, 0.2) is 0 Å². The molecule has 4 aromatic rings. The largest absolute Gasteiger partial charge is 0.352 e. The number of carbonyl (C=O) groups is 1. The first-order chi connectivity index (χ1) is 13.2. The van der Waals surface area contributed by atoms with Gasteiger partial charge in [0.05, 0.1) is 5.69 Å². The van der Waals surface area contributed by atoms with E-state index in [1.54, 1.807) is 11.3 Å². The molecule has 0 atom stereocenters. The van der Waals surface area contributed by atoms with Crippen LogP contribution in [0.3, 0.4) is 0 Å². The SMILES string of the molecule is Cc1cccc(-c2nc(CCNC(=O)c3cccc4ccccc34)cs2)c1. The zero-order chi connectivity index (χ0) is 18.6. The van der Waals surface area contributed by atoms with Crippen LogP contribution in [0.5, 0.6) is 0 Å². The van der Waals surface area contributed by atoms with Gasteiger partial charge < -0.3 is 5.32 Å². The Morgan fingerprint density at radius 1 is 1.04 bits per heavy atom. The van der Waals surface area contributed by atoms with Gasteiger partial charge in [-0.15, -0.1) is 11.3 Å². The summed E-state index contributed by atoms with van der Waals surface area (Å²) in [5, 5.41) is 8.17. The highest BCUT2D eigenvalue weighted by atomic mass is 32.1. The Kier molecular flexibility index (Phi) is 4.99. The Morgan fingerprint density at radius 3 is 2.74 bits per heavy atom. The van der Waals surface area contributed by atoms with Crippen molar-refractivity contribution in [2.75, 3.05) is 6.54 Å². The maximum Gasteiger partial charge on any atom is 0.251 e. The highest BCUT2D eigenvalue weighted by Gasteiger charge is 2.10. The number of rotatable bonds is 5. The minimum absolute atomic E-state index is 0.0408. The second kappa shape index (κ2) is 7.72. The number of carbonyl (C=O) groups excluding carboxylic acids is 1. The number of aryl methyl sites for hydroxylation is 1. The average molecular weight is 372 g/mol. The molecule has 1 aromatic heterocycles. The van der Waals surface area contributed by atoms with Gasteiger partial charge in [-0.3, -0.25) is 4.79 Å². The monoisotopic (exact) mass is 372 g/mol. The van der Waals surface area contributed by atoms with Gasteiger partial charge in [-0.2, -0.15) is 0 Å². The number of thiazole rings is 1. The molecule has 1 amide bonds. The van der Waals surface area contributed by atoms with E-state index >= 15 is 0 Å². The van der Waals surface area contributed by atoms with Gasteiger partial charge >= 0.3 is 0 Å². The molecule has 0 saturated carbocycles. The zero-order valence-corrected chi connectivity index (χ0v) is 15.9. The van der Waals surface area contributed by atoms with Crippen molar-refractivity contribution >= 4 is 28.0 Å². The van der Waals surface area contributed by atoms with E-state index in [-0.39, 0.29) is 5.91 Å². The van der Waals surface area contributed by atoms with Crippen LogP contribution >= 0.6 is 11.3 Å². The molecule has 0 spiro atoms. The molecular weight excluding hydrogens is 352 g/mol. The van der Waals surface area contributed by atoms with Crippen molar-refractivity contribution in [3.8, 4) is 10.6 Å². The Bertz CT molecular complexity index is 1090. The topological polar surface area (TPSA) is 42.0 Å². The van der Waals surface area contributed by atoms with Crippen LogP contribution in [0.25, 0.3) is 21.3 Å². The summed E-state index contributed by atoms with van der Waals surface area (Å²) in [6.07, 6.45) is 0.721. The summed E-state index contributed by atoms with van der Waals surface area (Å²) >= 11 is 1.64. The third-order valence-corrected chi connectivity index (χ3v) is 5.46. The van der Waals surface area contributed by atoms with Crippen molar-refractivity contribution < 1.29 is 4.79 Å². The highest BCUT2D eigenvalue weighted by Crippen LogP contribution is 2.24. The molecule has 4 rings (SSSR count). The Morgan fingerprint density at radius 2 is 1.85 bits per heavy atom. The smallest absolute Gasteiger partial charge is 0.251 e. The first-order valence-electron chi connectivity index (χ1n) is 8.98. The molecule has 4 heteroatoms. The first kappa shape index (κ1) is 17.4. The van der Waals surface area contributed by atoms with Crippen molar-refractivity contribution in [3.05, 3.63) is 88.9 Å². The van der Waals surface area contributed by atoms with E-state index < -0.39 is 0 Å². The molecule has 0 bridgehead atoms. The average Bonchev–Trinajstić information content (AvgIpc) is 3.16. The Balaban J connectivity index is 1.41. The molecule has 0 aliphatic carbocycles. The van der Waals surface area contributed by atoms with Crippen LogP contribution in [0.4, 0.5) is 0 Å². The molecule has 27 heavy (non-hydrogen) atoms. The van der Waals surface area contributed by atoms with E-state index in [2.05, 4.69) is 41.9 Å². The molecule has 3 nitrogen and oxygen atoms in total. The summed E-state index contributed by atoms with van der Waals surface area (Å²) in [5.41, 5.74) is 4.10. The van der Waals surface area contributed by atoms with Crippen LogP contribution in [0, 0.1) is 6.92 Å². The van der Waals surface area contributed by atoms with E-state index in [0.717, 1.165) is 33.5 Å². The van der Waals surface area contributed by atoms with Gasteiger partial charge in [-0.25, -0.2) is 4.98 Å². The molecule has 0 aliphatic rings. The van der Waals surface area contributed by atoms with Crippen LogP contribution < -0.4 is 5.32 Å². The Labute approximate surface area is 162 Å². The number of fused-ring (bicyclic) bond motifs is 1. The van der Waals surface area contributed by atoms with E-state index in [4.69, 9.17) is 4.98 Å². The number of nitrogens with zero attached hydrogens (tertiary/aromatic N) is 1. The molecule has 1 heterocycles. The minimum atomic E-state index is -0.0408. The molecular formula is C23H20N2OS.